The third kappa shape index (κ3) is 4.51. The van der Waals surface area contributed by atoms with E-state index in [1.807, 2.05) is 0 Å². The highest BCUT2D eigenvalue weighted by Gasteiger charge is 2.48. The molecule has 1 N–H and O–H groups in total. The second-order valence-electron chi connectivity index (χ2n) is 8.78. The summed E-state index contributed by atoms with van der Waals surface area (Å²) in [4.78, 5) is 51.6. The van der Waals surface area contributed by atoms with Crippen molar-refractivity contribution in [1.29, 1.82) is 0 Å². The van der Waals surface area contributed by atoms with Crippen LogP contribution in [-0.4, -0.2) is 72.0 Å². The number of carbonyl (C=O) groups excluding carboxylic acids is 4. The fraction of sp³-hybridized carbons (Fsp3) is 0.545. The van der Waals surface area contributed by atoms with Crippen molar-refractivity contribution < 1.29 is 27.6 Å². The number of hydrogen-bond donors (Lipinski definition) is 1. The van der Waals surface area contributed by atoms with E-state index >= 15 is 0 Å². The SMILES string of the molecule is Cc1ccc(NC(=O)CN2C(=O)C(=O)N(C3CCCC3)C2=O)cc1S(=O)(=O)N1CCCCC1. The minimum Gasteiger partial charge on any atom is -0.324 e. The molecule has 0 atom stereocenters. The molecular weight excluding hydrogens is 448 g/mol. The summed E-state index contributed by atoms with van der Waals surface area (Å²) in [6.45, 7) is 1.99. The predicted octanol–water partition coefficient (Wildman–Crippen LogP) is 1.84. The van der Waals surface area contributed by atoms with Gasteiger partial charge in [-0.25, -0.2) is 18.1 Å². The maximum atomic E-state index is 13.1. The smallest absolute Gasteiger partial charge is 0.324 e. The number of nitrogens with one attached hydrogen (secondary N) is 1. The van der Waals surface area contributed by atoms with Crippen molar-refractivity contribution in [2.75, 3.05) is 25.0 Å². The number of benzene rings is 1. The molecule has 0 unspecified atom stereocenters. The van der Waals surface area contributed by atoms with Gasteiger partial charge in [0.15, 0.2) is 0 Å². The summed E-state index contributed by atoms with van der Waals surface area (Å²) in [6.07, 6.45) is 5.69. The molecule has 1 aromatic carbocycles. The van der Waals surface area contributed by atoms with Gasteiger partial charge in [0.25, 0.3) is 0 Å². The van der Waals surface area contributed by atoms with Crippen molar-refractivity contribution in [3.05, 3.63) is 23.8 Å². The van der Waals surface area contributed by atoms with Crippen molar-refractivity contribution in [2.24, 2.45) is 0 Å². The second-order valence-corrected chi connectivity index (χ2v) is 10.7. The van der Waals surface area contributed by atoms with Gasteiger partial charge in [-0.2, -0.15) is 4.31 Å². The van der Waals surface area contributed by atoms with E-state index in [1.165, 1.54) is 10.4 Å². The molecule has 1 saturated carbocycles. The third-order valence-electron chi connectivity index (χ3n) is 6.48. The molecule has 3 fully saturated rings. The van der Waals surface area contributed by atoms with Gasteiger partial charge in [0.2, 0.25) is 15.9 Å². The molecule has 2 aliphatic heterocycles. The van der Waals surface area contributed by atoms with Crippen molar-refractivity contribution in [1.82, 2.24) is 14.1 Å². The molecule has 3 aliphatic rings. The average Bonchev–Trinajstić information content (AvgIpc) is 3.39. The third-order valence-corrected chi connectivity index (χ3v) is 8.52. The van der Waals surface area contributed by atoms with Crippen LogP contribution in [0.2, 0.25) is 0 Å². The number of urea groups is 1. The molecule has 1 aliphatic carbocycles. The van der Waals surface area contributed by atoms with Gasteiger partial charge in [0, 0.05) is 24.8 Å². The lowest BCUT2D eigenvalue weighted by Crippen LogP contribution is -2.41. The molecule has 0 radical (unpaired) electrons. The van der Waals surface area contributed by atoms with E-state index in [0.717, 1.165) is 37.0 Å². The van der Waals surface area contributed by atoms with E-state index in [-0.39, 0.29) is 16.6 Å². The quantitative estimate of drug-likeness (QED) is 0.494. The van der Waals surface area contributed by atoms with E-state index in [9.17, 15) is 27.6 Å². The van der Waals surface area contributed by atoms with Gasteiger partial charge in [0.05, 0.1) is 4.90 Å². The summed E-state index contributed by atoms with van der Waals surface area (Å²) < 4.78 is 27.6. The minimum atomic E-state index is -3.70. The second kappa shape index (κ2) is 9.22. The standard InChI is InChI=1S/C22H28N4O6S/c1-15-9-10-16(13-18(15)33(31,32)24-11-5-2-6-12-24)23-19(27)14-25-20(28)21(29)26(22(25)30)17-7-3-4-8-17/h9-10,13,17H,2-8,11-12,14H2,1H3,(H,23,27). The minimum absolute atomic E-state index is 0.109. The van der Waals surface area contributed by atoms with Crippen LogP contribution in [0.25, 0.3) is 0 Å². The van der Waals surface area contributed by atoms with Crippen LogP contribution in [-0.2, 0) is 24.4 Å². The van der Waals surface area contributed by atoms with Gasteiger partial charge in [-0.1, -0.05) is 25.3 Å². The number of anilines is 1. The zero-order valence-electron chi connectivity index (χ0n) is 18.6. The first-order valence-corrected chi connectivity index (χ1v) is 12.7. The highest BCUT2D eigenvalue weighted by atomic mass is 32.2. The highest BCUT2D eigenvalue weighted by molar-refractivity contribution is 7.89. The Kier molecular flexibility index (Phi) is 6.53. The molecule has 4 rings (SSSR count). The molecule has 2 heterocycles. The summed E-state index contributed by atoms with van der Waals surface area (Å²) >= 11 is 0. The van der Waals surface area contributed by atoms with Crippen LogP contribution in [0.5, 0.6) is 0 Å². The number of amides is 5. The fourth-order valence-electron chi connectivity index (χ4n) is 4.69. The van der Waals surface area contributed by atoms with Crippen LogP contribution in [0, 0.1) is 6.92 Å². The lowest BCUT2D eigenvalue weighted by atomic mass is 10.2. The normalized spacial score (nSPS) is 20.7. The van der Waals surface area contributed by atoms with Crippen LogP contribution in [0.15, 0.2) is 23.1 Å². The Bertz CT molecular complexity index is 1090. The Hall–Kier alpha value is -2.79. The number of piperidine rings is 1. The summed E-state index contributed by atoms with van der Waals surface area (Å²) in [5.41, 5.74) is 0.792. The van der Waals surface area contributed by atoms with Crippen LogP contribution in [0.1, 0.15) is 50.5 Å². The molecule has 10 nitrogen and oxygen atoms in total. The molecule has 33 heavy (non-hydrogen) atoms. The average molecular weight is 477 g/mol. The largest absolute Gasteiger partial charge is 0.334 e. The first kappa shape index (κ1) is 23.4. The lowest BCUT2D eigenvalue weighted by molar-refractivity contribution is -0.144. The van der Waals surface area contributed by atoms with Crippen LogP contribution >= 0.6 is 0 Å². The number of hydrogen-bond acceptors (Lipinski definition) is 6. The van der Waals surface area contributed by atoms with Crippen LogP contribution in [0.3, 0.4) is 0 Å². The first-order chi connectivity index (χ1) is 15.7. The number of aryl methyl sites for hydroxylation is 1. The van der Waals surface area contributed by atoms with Crippen LogP contribution in [0.4, 0.5) is 10.5 Å². The van der Waals surface area contributed by atoms with Crippen molar-refractivity contribution >= 4 is 39.5 Å². The number of imide groups is 2. The molecule has 1 aromatic rings. The molecule has 0 spiro atoms. The Balaban J connectivity index is 1.47. The number of carbonyl (C=O) groups is 4. The van der Waals surface area contributed by atoms with Crippen molar-refractivity contribution in [2.45, 2.75) is 62.8 Å². The molecule has 0 bridgehead atoms. The molecule has 11 heteroatoms. The topological polar surface area (TPSA) is 124 Å². The van der Waals surface area contributed by atoms with E-state index in [0.29, 0.717) is 36.4 Å². The van der Waals surface area contributed by atoms with Gasteiger partial charge >= 0.3 is 17.8 Å². The van der Waals surface area contributed by atoms with E-state index in [1.54, 1.807) is 19.1 Å². The zero-order chi connectivity index (χ0) is 23.8. The van der Waals surface area contributed by atoms with Gasteiger partial charge in [0.1, 0.15) is 6.54 Å². The van der Waals surface area contributed by atoms with Crippen LogP contribution < -0.4 is 5.32 Å². The fourth-order valence-corrected chi connectivity index (χ4v) is 6.46. The summed E-state index contributed by atoms with van der Waals surface area (Å²) in [6, 6.07) is 3.47. The Morgan fingerprint density at radius 1 is 1.00 bits per heavy atom. The van der Waals surface area contributed by atoms with Gasteiger partial charge < -0.3 is 5.32 Å². The Morgan fingerprint density at radius 2 is 1.67 bits per heavy atom. The maximum Gasteiger partial charge on any atom is 0.334 e. The number of rotatable bonds is 6. The van der Waals surface area contributed by atoms with Gasteiger partial charge in [-0.15, -0.1) is 0 Å². The number of sulfonamides is 1. The summed E-state index contributed by atoms with van der Waals surface area (Å²) in [5.74, 6) is -2.60. The summed E-state index contributed by atoms with van der Waals surface area (Å²) in [5, 5.41) is 2.55. The van der Waals surface area contributed by atoms with Crippen molar-refractivity contribution in [3.8, 4) is 0 Å². The molecule has 2 saturated heterocycles. The number of nitrogens with zero attached hydrogens (tertiary/aromatic N) is 3. The molecular formula is C22H28N4O6S. The van der Waals surface area contributed by atoms with Gasteiger partial charge in [-0.3, -0.25) is 19.3 Å². The predicted molar refractivity (Wildman–Crippen MR) is 119 cm³/mol. The summed E-state index contributed by atoms with van der Waals surface area (Å²) in [7, 11) is -3.70. The monoisotopic (exact) mass is 476 g/mol. The zero-order valence-corrected chi connectivity index (χ0v) is 19.4. The lowest BCUT2D eigenvalue weighted by Gasteiger charge is -2.26. The molecule has 178 valence electrons. The molecule has 5 amide bonds. The Labute approximate surface area is 192 Å². The highest BCUT2D eigenvalue weighted by Crippen LogP contribution is 2.28. The van der Waals surface area contributed by atoms with E-state index in [4.69, 9.17) is 0 Å². The van der Waals surface area contributed by atoms with Crippen molar-refractivity contribution in [3.63, 3.8) is 0 Å². The molecule has 0 aromatic heterocycles. The van der Waals surface area contributed by atoms with E-state index < -0.39 is 40.3 Å². The first-order valence-electron chi connectivity index (χ1n) is 11.3. The maximum absolute atomic E-state index is 13.1. The van der Waals surface area contributed by atoms with Gasteiger partial charge in [-0.05, 0) is 50.3 Å². The van der Waals surface area contributed by atoms with E-state index in [2.05, 4.69) is 5.32 Å². The Morgan fingerprint density at radius 3 is 2.33 bits per heavy atom.